The SMILES string of the molecule is CC(O)C1CCCN(C(=O)c2ccc(SC(F)(F)F)cc2)C1. The van der Waals surface area contributed by atoms with Crippen LogP contribution in [-0.4, -0.2) is 40.6 Å². The predicted octanol–water partition coefficient (Wildman–Crippen LogP) is 3.53. The van der Waals surface area contributed by atoms with Crippen LogP contribution in [0.25, 0.3) is 0 Å². The molecule has 1 aliphatic heterocycles. The molecule has 2 rings (SSSR count). The van der Waals surface area contributed by atoms with Gasteiger partial charge >= 0.3 is 5.51 Å². The third-order valence-corrected chi connectivity index (χ3v) is 4.50. The molecule has 0 bridgehead atoms. The van der Waals surface area contributed by atoms with Crippen LogP contribution in [-0.2, 0) is 0 Å². The van der Waals surface area contributed by atoms with Gasteiger partial charge in [-0.1, -0.05) is 0 Å². The molecular weight excluding hydrogens is 315 g/mol. The first-order chi connectivity index (χ1) is 10.3. The van der Waals surface area contributed by atoms with E-state index in [0.717, 1.165) is 12.8 Å². The molecule has 0 spiro atoms. The number of amides is 1. The Morgan fingerprint density at radius 3 is 2.55 bits per heavy atom. The Hall–Kier alpha value is -1.21. The molecule has 1 aromatic carbocycles. The number of halogens is 3. The summed E-state index contributed by atoms with van der Waals surface area (Å²) in [6.45, 7) is 2.80. The number of aliphatic hydroxyl groups excluding tert-OH is 1. The van der Waals surface area contributed by atoms with Crippen LogP contribution in [0.3, 0.4) is 0 Å². The van der Waals surface area contributed by atoms with Crippen molar-refractivity contribution in [3.05, 3.63) is 29.8 Å². The number of alkyl halides is 3. The number of thioether (sulfide) groups is 1. The topological polar surface area (TPSA) is 40.5 Å². The maximum absolute atomic E-state index is 12.4. The highest BCUT2D eigenvalue weighted by molar-refractivity contribution is 8.00. The zero-order valence-corrected chi connectivity index (χ0v) is 13.0. The molecule has 2 atom stereocenters. The highest BCUT2D eigenvalue weighted by Crippen LogP contribution is 2.36. The van der Waals surface area contributed by atoms with Crippen molar-refractivity contribution in [2.75, 3.05) is 13.1 Å². The lowest BCUT2D eigenvalue weighted by atomic mass is 9.93. The van der Waals surface area contributed by atoms with E-state index in [1.165, 1.54) is 24.3 Å². The van der Waals surface area contributed by atoms with Crippen molar-refractivity contribution in [1.29, 1.82) is 0 Å². The van der Waals surface area contributed by atoms with Gasteiger partial charge in [0.25, 0.3) is 5.91 Å². The largest absolute Gasteiger partial charge is 0.446 e. The van der Waals surface area contributed by atoms with Crippen molar-refractivity contribution in [1.82, 2.24) is 4.90 Å². The van der Waals surface area contributed by atoms with Crippen LogP contribution in [0.4, 0.5) is 13.2 Å². The van der Waals surface area contributed by atoms with E-state index in [-0.39, 0.29) is 28.5 Å². The molecular formula is C15H18F3NO2S. The van der Waals surface area contributed by atoms with Crippen molar-refractivity contribution in [2.24, 2.45) is 5.92 Å². The van der Waals surface area contributed by atoms with Crippen LogP contribution in [0.2, 0.25) is 0 Å². The molecule has 1 aliphatic rings. The summed E-state index contributed by atoms with van der Waals surface area (Å²) in [5.41, 5.74) is -3.96. The Bertz CT molecular complexity index is 517. The summed E-state index contributed by atoms with van der Waals surface area (Å²) in [5.74, 6) is -0.147. The van der Waals surface area contributed by atoms with Gasteiger partial charge in [-0.15, -0.1) is 0 Å². The second kappa shape index (κ2) is 6.91. The minimum absolute atomic E-state index is 0.0535. The average Bonchev–Trinajstić information content (AvgIpc) is 2.46. The van der Waals surface area contributed by atoms with Crippen LogP contribution < -0.4 is 0 Å². The fraction of sp³-hybridized carbons (Fsp3) is 0.533. The van der Waals surface area contributed by atoms with Crippen LogP contribution in [0.5, 0.6) is 0 Å². The van der Waals surface area contributed by atoms with E-state index in [2.05, 4.69) is 0 Å². The fourth-order valence-electron chi connectivity index (χ4n) is 2.57. The number of piperidine rings is 1. The lowest BCUT2D eigenvalue weighted by molar-refractivity contribution is -0.0328. The summed E-state index contributed by atoms with van der Waals surface area (Å²) in [6, 6.07) is 5.45. The van der Waals surface area contributed by atoms with Gasteiger partial charge in [-0.3, -0.25) is 4.79 Å². The number of carbonyl (C=O) groups excluding carboxylic acids is 1. The lowest BCUT2D eigenvalue weighted by Gasteiger charge is -2.34. The standard InChI is InChI=1S/C15H18F3NO2S/c1-10(20)12-3-2-8-19(9-12)14(21)11-4-6-13(7-5-11)22-15(16,17)18/h4-7,10,12,20H,2-3,8-9H2,1H3. The monoisotopic (exact) mass is 333 g/mol. The number of likely N-dealkylation sites (tertiary alicyclic amines) is 1. The number of hydrogen-bond donors (Lipinski definition) is 1. The van der Waals surface area contributed by atoms with Gasteiger partial charge in [0, 0.05) is 29.5 Å². The van der Waals surface area contributed by atoms with Crippen LogP contribution >= 0.6 is 11.8 Å². The minimum Gasteiger partial charge on any atom is -0.393 e. The molecule has 1 amide bonds. The molecule has 0 radical (unpaired) electrons. The first-order valence-corrected chi connectivity index (χ1v) is 7.91. The Morgan fingerprint density at radius 2 is 2.00 bits per heavy atom. The summed E-state index contributed by atoms with van der Waals surface area (Å²) < 4.78 is 36.8. The molecule has 0 aromatic heterocycles. The Kier molecular flexibility index (Phi) is 5.39. The van der Waals surface area contributed by atoms with Crippen molar-refractivity contribution in [3.63, 3.8) is 0 Å². The van der Waals surface area contributed by atoms with Gasteiger partial charge in [-0.25, -0.2) is 0 Å². The molecule has 1 aromatic rings. The lowest BCUT2D eigenvalue weighted by Crippen LogP contribution is -2.42. The molecule has 1 fully saturated rings. The fourth-order valence-corrected chi connectivity index (χ4v) is 3.11. The number of nitrogens with zero attached hydrogens (tertiary/aromatic N) is 1. The molecule has 2 unspecified atom stereocenters. The summed E-state index contributed by atoms with van der Waals surface area (Å²) in [5, 5.41) is 9.64. The van der Waals surface area contributed by atoms with Gasteiger partial charge in [0.05, 0.1) is 6.10 Å². The van der Waals surface area contributed by atoms with Crippen molar-refractivity contribution in [3.8, 4) is 0 Å². The third-order valence-electron chi connectivity index (χ3n) is 3.76. The second-order valence-electron chi connectivity index (χ2n) is 5.47. The van der Waals surface area contributed by atoms with Crippen LogP contribution in [0, 0.1) is 5.92 Å². The quantitative estimate of drug-likeness (QED) is 0.860. The summed E-state index contributed by atoms with van der Waals surface area (Å²) in [4.78, 5) is 14.1. The summed E-state index contributed by atoms with van der Waals surface area (Å²) >= 11 is -0.197. The number of aliphatic hydroxyl groups is 1. The maximum atomic E-state index is 12.4. The first kappa shape index (κ1) is 17.1. The Morgan fingerprint density at radius 1 is 1.36 bits per heavy atom. The molecule has 0 aliphatic carbocycles. The van der Waals surface area contributed by atoms with E-state index >= 15 is 0 Å². The maximum Gasteiger partial charge on any atom is 0.446 e. The number of rotatable bonds is 3. The van der Waals surface area contributed by atoms with Gasteiger partial charge in [0.15, 0.2) is 0 Å². The van der Waals surface area contributed by atoms with E-state index in [4.69, 9.17) is 0 Å². The normalized spacial score (nSPS) is 20.8. The average molecular weight is 333 g/mol. The van der Waals surface area contributed by atoms with E-state index in [1.807, 2.05) is 0 Å². The molecule has 0 saturated carbocycles. The number of hydrogen-bond acceptors (Lipinski definition) is 3. The van der Waals surface area contributed by atoms with Crippen LogP contribution in [0.15, 0.2) is 29.2 Å². The molecule has 1 N–H and O–H groups in total. The van der Waals surface area contributed by atoms with E-state index in [1.54, 1.807) is 11.8 Å². The van der Waals surface area contributed by atoms with Crippen molar-refractivity contribution in [2.45, 2.75) is 36.3 Å². The zero-order chi connectivity index (χ0) is 16.3. The molecule has 1 heterocycles. The van der Waals surface area contributed by atoms with Crippen LogP contribution in [0.1, 0.15) is 30.1 Å². The summed E-state index contributed by atoms with van der Waals surface area (Å²) in [7, 11) is 0. The van der Waals surface area contributed by atoms with E-state index in [0.29, 0.717) is 18.7 Å². The van der Waals surface area contributed by atoms with Gasteiger partial charge < -0.3 is 10.0 Å². The highest BCUT2D eigenvalue weighted by atomic mass is 32.2. The zero-order valence-electron chi connectivity index (χ0n) is 12.1. The van der Waals surface area contributed by atoms with Gasteiger partial charge in [0.2, 0.25) is 0 Å². The van der Waals surface area contributed by atoms with Crippen molar-refractivity contribution >= 4 is 17.7 Å². The highest BCUT2D eigenvalue weighted by Gasteiger charge is 2.30. The molecule has 1 saturated heterocycles. The Balaban J connectivity index is 2.03. The minimum atomic E-state index is -4.33. The Labute approximate surface area is 131 Å². The molecule has 7 heteroatoms. The van der Waals surface area contributed by atoms with Crippen molar-refractivity contribution < 1.29 is 23.1 Å². The molecule has 3 nitrogen and oxygen atoms in total. The van der Waals surface area contributed by atoms with Gasteiger partial charge in [-0.05, 0) is 55.8 Å². The molecule has 122 valence electrons. The van der Waals surface area contributed by atoms with Gasteiger partial charge in [-0.2, -0.15) is 13.2 Å². The van der Waals surface area contributed by atoms with E-state index in [9.17, 15) is 23.1 Å². The smallest absolute Gasteiger partial charge is 0.393 e. The number of benzene rings is 1. The second-order valence-corrected chi connectivity index (χ2v) is 6.60. The van der Waals surface area contributed by atoms with E-state index < -0.39 is 11.6 Å². The third kappa shape index (κ3) is 4.64. The van der Waals surface area contributed by atoms with Gasteiger partial charge in [0.1, 0.15) is 0 Å². The number of carbonyl (C=O) groups is 1. The summed E-state index contributed by atoms with van der Waals surface area (Å²) in [6.07, 6.45) is 1.23. The molecule has 22 heavy (non-hydrogen) atoms. The predicted molar refractivity (Wildman–Crippen MR) is 78.7 cm³/mol. The first-order valence-electron chi connectivity index (χ1n) is 7.09.